The number of benzene rings is 6. The standard InChI is InChI=1S/C61H58N5O.Pt/c1-37-27-39(3)56(40(4)28-37)50-31-44(61(10,11)12)32-51(57-41(5)29-38(2)30-42(57)6)58(50)65-36-64(53-21-16-25-63-59(53)65)45-17-15-18-46(34-45)67-47-22-23-49-48-19-13-14-20-52(48)66(54(49)35-47)55-33-43(24-26-62-55)60(7,8)9;/h13-33,36H,1-12H3;/q-3;. The van der Waals surface area contributed by atoms with Gasteiger partial charge < -0.3 is 19.1 Å². The summed E-state index contributed by atoms with van der Waals surface area (Å²) in [4.78, 5) is 14.5. The number of pyridine rings is 2. The first kappa shape index (κ1) is 46.6. The summed E-state index contributed by atoms with van der Waals surface area (Å²) in [5.41, 5.74) is 19.5. The van der Waals surface area contributed by atoms with Crippen molar-refractivity contribution in [1.29, 1.82) is 0 Å². The van der Waals surface area contributed by atoms with E-state index in [1.54, 1.807) is 0 Å². The van der Waals surface area contributed by atoms with Gasteiger partial charge in [-0.25, -0.2) is 9.97 Å². The van der Waals surface area contributed by atoms with Gasteiger partial charge in [0.15, 0.2) is 0 Å². The second-order valence-electron chi connectivity index (χ2n) is 20.5. The monoisotopic (exact) mass is 1070 g/mol. The molecule has 0 unspecified atom stereocenters. The Bertz CT molecular complexity index is 3300. The average molecular weight is 1070 g/mol. The van der Waals surface area contributed by atoms with Crippen LogP contribution in [0.2, 0.25) is 0 Å². The maximum absolute atomic E-state index is 6.71. The van der Waals surface area contributed by atoms with Crippen LogP contribution in [-0.2, 0) is 31.9 Å². The van der Waals surface area contributed by atoms with Crippen LogP contribution in [0.25, 0.3) is 49.9 Å². The molecule has 1 aliphatic rings. The van der Waals surface area contributed by atoms with Crippen molar-refractivity contribution >= 4 is 44.7 Å². The van der Waals surface area contributed by atoms with E-state index in [2.05, 4.69) is 207 Å². The quantitative estimate of drug-likeness (QED) is 0.149. The van der Waals surface area contributed by atoms with Crippen LogP contribution < -0.4 is 14.5 Å². The zero-order valence-corrected chi connectivity index (χ0v) is 43.4. The van der Waals surface area contributed by atoms with Crippen LogP contribution in [-0.4, -0.2) is 14.5 Å². The van der Waals surface area contributed by atoms with Crippen molar-refractivity contribution in [2.45, 2.75) is 93.9 Å². The number of ether oxygens (including phenoxy) is 1. The van der Waals surface area contributed by atoms with Crippen molar-refractivity contribution < 1.29 is 25.8 Å². The maximum atomic E-state index is 6.71. The van der Waals surface area contributed by atoms with Crippen molar-refractivity contribution in [3.63, 3.8) is 0 Å². The Balaban J connectivity index is 0.00000578. The molecule has 10 rings (SSSR count). The molecule has 0 saturated heterocycles. The van der Waals surface area contributed by atoms with Gasteiger partial charge in [0, 0.05) is 67.3 Å². The average Bonchev–Trinajstić information content (AvgIpc) is 3.81. The van der Waals surface area contributed by atoms with E-state index in [-0.39, 0.29) is 31.9 Å². The SMILES string of the molecule is Cc1cc(C)c(-c2cc(C(C)(C)C)cc(-c3c(C)cc(C)cc3C)c2N2[CH-]N(c3[c-]c(Oc4[c-]c5c(cc4)c4ccccc4n5-c4cc(C(C)(C)C)ccn4)ccc3)c3cccnc32)c(C)c1.[Pt]. The summed E-state index contributed by atoms with van der Waals surface area (Å²) in [5.74, 6) is 2.86. The van der Waals surface area contributed by atoms with Gasteiger partial charge in [0.2, 0.25) is 0 Å². The number of rotatable bonds is 7. The summed E-state index contributed by atoms with van der Waals surface area (Å²) in [5, 5.41) is 2.22. The Hall–Kier alpha value is -6.49. The van der Waals surface area contributed by atoms with E-state index in [0.717, 1.165) is 50.5 Å². The molecule has 0 aliphatic carbocycles. The predicted octanol–water partition coefficient (Wildman–Crippen LogP) is 16.2. The fraction of sp³-hybridized carbons (Fsp3) is 0.230. The Kier molecular flexibility index (Phi) is 12.0. The summed E-state index contributed by atoms with van der Waals surface area (Å²) >= 11 is 0. The van der Waals surface area contributed by atoms with E-state index in [1.807, 2.05) is 36.7 Å². The fourth-order valence-electron chi connectivity index (χ4n) is 10.2. The molecule has 0 N–H and O–H groups in total. The van der Waals surface area contributed by atoms with Crippen LogP contribution in [0.15, 0.2) is 128 Å². The molecule has 0 fully saturated rings. The van der Waals surface area contributed by atoms with E-state index >= 15 is 0 Å². The van der Waals surface area contributed by atoms with E-state index in [4.69, 9.17) is 14.7 Å². The van der Waals surface area contributed by atoms with Gasteiger partial charge in [-0.15, -0.1) is 48.1 Å². The normalized spacial score (nSPS) is 12.8. The number of para-hydroxylation sites is 1. The molecule has 6 nitrogen and oxygen atoms in total. The third kappa shape index (κ3) is 8.32. The van der Waals surface area contributed by atoms with Gasteiger partial charge in [0.1, 0.15) is 11.6 Å². The van der Waals surface area contributed by atoms with E-state index in [0.29, 0.717) is 11.5 Å². The molecule has 0 bridgehead atoms. The molecule has 1 aliphatic heterocycles. The number of hydrogen-bond acceptors (Lipinski definition) is 5. The molecule has 3 aromatic heterocycles. The molecule has 0 amide bonds. The molecule has 0 radical (unpaired) electrons. The van der Waals surface area contributed by atoms with Crippen LogP contribution in [0.4, 0.5) is 22.9 Å². The van der Waals surface area contributed by atoms with Gasteiger partial charge in [-0.2, -0.15) is 12.1 Å². The van der Waals surface area contributed by atoms with Crippen LogP contribution in [0.5, 0.6) is 11.5 Å². The van der Waals surface area contributed by atoms with Crippen molar-refractivity contribution in [2.24, 2.45) is 0 Å². The summed E-state index contributed by atoms with van der Waals surface area (Å²) in [7, 11) is 0. The van der Waals surface area contributed by atoms with Crippen molar-refractivity contribution in [3.8, 4) is 39.6 Å². The minimum Gasteiger partial charge on any atom is -0.509 e. The zero-order chi connectivity index (χ0) is 47.1. The fourth-order valence-corrected chi connectivity index (χ4v) is 10.2. The Labute approximate surface area is 416 Å². The molecule has 0 spiro atoms. The Morgan fingerprint density at radius 2 is 1.16 bits per heavy atom. The summed E-state index contributed by atoms with van der Waals surface area (Å²) in [6.07, 6.45) is 3.79. The topological polar surface area (TPSA) is 46.4 Å². The van der Waals surface area contributed by atoms with Crippen molar-refractivity contribution in [1.82, 2.24) is 14.5 Å². The van der Waals surface area contributed by atoms with Crippen molar-refractivity contribution in [3.05, 3.63) is 191 Å². The van der Waals surface area contributed by atoms with Crippen LogP contribution in [0.1, 0.15) is 86.1 Å². The van der Waals surface area contributed by atoms with Gasteiger partial charge in [0.25, 0.3) is 0 Å². The molecule has 68 heavy (non-hydrogen) atoms. The molecule has 6 aromatic carbocycles. The molecule has 0 saturated carbocycles. The largest absolute Gasteiger partial charge is 0.509 e. The number of aromatic nitrogens is 3. The molecule has 4 heterocycles. The zero-order valence-electron chi connectivity index (χ0n) is 41.2. The molecule has 0 atom stereocenters. The summed E-state index contributed by atoms with van der Waals surface area (Å²) in [6.45, 7) is 29.1. The maximum Gasteiger partial charge on any atom is 0.135 e. The number of nitrogens with zero attached hydrogens (tertiary/aromatic N) is 5. The summed E-state index contributed by atoms with van der Waals surface area (Å²) in [6, 6.07) is 48.4. The molecule has 9 aromatic rings. The second-order valence-corrected chi connectivity index (χ2v) is 20.5. The van der Waals surface area contributed by atoms with E-state index in [9.17, 15) is 0 Å². The first-order valence-electron chi connectivity index (χ1n) is 23.3. The predicted molar refractivity (Wildman–Crippen MR) is 279 cm³/mol. The Morgan fingerprint density at radius 3 is 1.79 bits per heavy atom. The minimum atomic E-state index is -0.111. The molecular formula is C61H58N5OPt-3. The number of fused-ring (bicyclic) bond motifs is 4. The molecule has 7 heteroatoms. The summed E-state index contributed by atoms with van der Waals surface area (Å²) < 4.78 is 8.90. The minimum absolute atomic E-state index is 0. The first-order chi connectivity index (χ1) is 31.9. The third-order valence-corrected chi connectivity index (χ3v) is 13.2. The molecular weight excluding hydrogens is 1010 g/mol. The first-order valence-corrected chi connectivity index (χ1v) is 23.3. The van der Waals surface area contributed by atoms with Crippen molar-refractivity contribution in [2.75, 3.05) is 9.80 Å². The molecule has 346 valence electrons. The number of anilines is 4. The van der Waals surface area contributed by atoms with E-state index in [1.165, 1.54) is 66.8 Å². The van der Waals surface area contributed by atoms with Gasteiger partial charge >= 0.3 is 0 Å². The second kappa shape index (κ2) is 17.5. The third-order valence-electron chi connectivity index (χ3n) is 13.2. The van der Waals surface area contributed by atoms with Crippen LogP contribution in [0, 0.1) is 60.3 Å². The van der Waals surface area contributed by atoms with Gasteiger partial charge in [-0.3, -0.25) is 0 Å². The van der Waals surface area contributed by atoms with Gasteiger partial charge in [0.05, 0.1) is 5.69 Å². The van der Waals surface area contributed by atoms with Crippen LogP contribution >= 0.6 is 0 Å². The van der Waals surface area contributed by atoms with Gasteiger partial charge in [-0.1, -0.05) is 101 Å². The van der Waals surface area contributed by atoms with Crippen LogP contribution in [0.3, 0.4) is 0 Å². The number of aryl methyl sites for hydroxylation is 6. The Morgan fingerprint density at radius 1 is 0.544 bits per heavy atom. The number of hydrogen-bond donors (Lipinski definition) is 0. The van der Waals surface area contributed by atoms with Gasteiger partial charge in [-0.05, 0) is 145 Å². The smallest absolute Gasteiger partial charge is 0.135 e. The van der Waals surface area contributed by atoms with E-state index < -0.39 is 0 Å².